The van der Waals surface area contributed by atoms with Gasteiger partial charge in [0.05, 0.1) is 6.61 Å². The van der Waals surface area contributed by atoms with Crippen LogP contribution in [0.2, 0.25) is 0 Å². The molecule has 0 saturated carbocycles. The number of aldehydes is 1. The molecule has 4 N–H and O–H groups in total. The van der Waals surface area contributed by atoms with Crippen LogP contribution < -0.4 is 0 Å². The van der Waals surface area contributed by atoms with E-state index in [0.717, 1.165) is 6.92 Å². The molecule has 72 valence electrons. The number of ketones is 1. The van der Waals surface area contributed by atoms with Crippen LogP contribution in [0, 0.1) is 0 Å². The van der Waals surface area contributed by atoms with Gasteiger partial charge >= 0.3 is 0 Å². The Balaban J connectivity index is 0. The lowest BCUT2D eigenvalue weighted by molar-refractivity contribution is -0.142. The minimum absolute atomic E-state index is 0.278. The molecule has 0 heterocycles. The van der Waals surface area contributed by atoms with Crippen molar-refractivity contribution in [1.29, 1.82) is 0 Å². The summed E-state index contributed by atoms with van der Waals surface area (Å²) in [4.78, 5) is 19.0. The normalized spacial score (nSPS) is 11.5. The molecule has 0 amide bonds. The van der Waals surface area contributed by atoms with Crippen LogP contribution in [0.3, 0.4) is 0 Å². The van der Waals surface area contributed by atoms with Crippen LogP contribution >= 0.6 is 0 Å². The van der Waals surface area contributed by atoms with E-state index in [4.69, 9.17) is 20.4 Å². The summed E-state index contributed by atoms with van der Waals surface area (Å²) in [6.45, 7) is 0.619. The highest BCUT2D eigenvalue weighted by Gasteiger charge is 1.99. The number of hydrogen-bond donors (Lipinski definition) is 4. The Morgan fingerprint density at radius 1 is 1.42 bits per heavy atom. The molecule has 6 nitrogen and oxygen atoms in total. The SMILES string of the molecule is CC(=O)C(O)O.O=CC(O)CO. The lowest BCUT2D eigenvalue weighted by Crippen LogP contribution is -2.14. The Kier molecular flexibility index (Phi) is 9.48. The molecule has 0 aromatic carbocycles. The molecule has 0 aliphatic rings. The second kappa shape index (κ2) is 8.28. The average molecular weight is 180 g/mol. The molecule has 0 aromatic rings. The van der Waals surface area contributed by atoms with Gasteiger partial charge in [-0.25, -0.2) is 0 Å². The van der Waals surface area contributed by atoms with Crippen molar-refractivity contribution in [3.63, 3.8) is 0 Å². The minimum atomic E-state index is -1.79. The predicted molar refractivity (Wildman–Crippen MR) is 38.1 cm³/mol. The van der Waals surface area contributed by atoms with E-state index in [1.807, 2.05) is 0 Å². The van der Waals surface area contributed by atoms with Crippen LogP contribution in [0.15, 0.2) is 0 Å². The molecular formula is C6H12O6. The Labute approximate surface area is 69.1 Å². The van der Waals surface area contributed by atoms with E-state index in [1.54, 1.807) is 0 Å². The number of Topliss-reactive ketones (excluding diaryl/α,β-unsaturated/α-hetero) is 1. The largest absolute Gasteiger partial charge is 0.393 e. The first-order valence-electron chi connectivity index (χ1n) is 3.06. The highest BCUT2D eigenvalue weighted by atomic mass is 16.5. The Morgan fingerprint density at radius 2 is 1.75 bits per heavy atom. The molecular weight excluding hydrogens is 168 g/mol. The van der Waals surface area contributed by atoms with Crippen molar-refractivity contribution in [3.05, 3.63) is 0 Å². The maximum Gasteiger partial charge on any atom is 0.212 e. The van der Waals surface area contributed by atoms with E-state index in [9.17, 15) is 9.59 Å². The molecule has 0 fully saturated rings. The van der Waals surface area contributed by atoms with Gasteiger partial charge in [0.1, 0.15) is 6.10 Å². The lowest BCUT2D eigenvalue weighted by atomic mass is 10.4. The summed E-state index contributed by atoms with van der Waals surface area (Å²) in [6, 6.07) is 0. The topological polar surface area (TPSA) is 115 Å². The molecule has 0 rings (SSSR count). The number of carbonyl (C=O) groups is 2. The van der Waals surface area contributed by atoms with Crippen LogP contribution in [-0.4, -0.2) is 51.5 Å². The van der Waals surface area contributed by atoms with Crippen molar-refractivity contribution >= 4 is 12.1 Å². The van der Waals surface area contributed by atoms with E-state index < -0.39 is 24.8 Å². The van der Waals surface area contributed by atoms with Crippen molar-refractivity contribution in [3.8, 4) is 0 Å². The third-order valence-electron chi connectivity index (χ3n) is 0.708. The highest BCUT2D eigenvalue weighted by Crippen LogP contribution is 1.72. The second-order valence-electron chi connectivity index (χ2n) is 1.87. The molecule has 6 heteroatoms. The van der Waals surface area contributed by atoms with Crippen molar-refractivity contribution in [2.24, 2.45) is 0 Å². The summed E-state index contributed by atoms with van der Waals surface area (Å²) in [7, 11) is 0. The monoisotopic (exact) mass is 180 g/mol. The summed E-state index contributed by atoms with van der Waals surface area (Å²) in [5.74, 6) is -0.630. The number of aliphatic hydroxyl groups is 4. The first-order chi connectivity index (χ1) is 5.45. The zero-order valence-corrected chi connectivity index (χ0v) is 6.54. The average Bonchev–Trinajstić information content (AvgIpc) is 2.04. The first-order valence-corrected chi connectivity index (χ1v) is 3.06. The summed E-state index contributed by atoms with van der Waals surface area (Å²) >= 11 is 0. The summed E-state index contributed by atoms with van der Waals surface area (Å²) in [5.41, 5.74) is 0. The Bertz CT molecular complexity index is 132. The second-order valence-corrected chi connectivity index (χ2v) is 1.87. The molecule has 0 saturated heterocycles. The number of rotatable bonds is 3. The van der Waals surface area contributed by atoms with Gasteiger partial charge in [-0.05, 0) is 6.92 Å². The molecule has 1 atom stereocenters. The highest BCUT2D eigenvalue weighted by molar-refractivity contribution is 5.78. The maximum atomic E-state index is 9.64. The summed E-state index contributed by atoms with van der Waals surface area (Å²) in [6.07, 6.45) is -2.70. The number of carbonyl (C=O) groups excluding carboxylic acids is 2. The lowest BCUT2D eigenvalue weighted by Gasteiger charge is -1.90. The van der Waals surface area contributed by atoms with Gasteiger partial charge in [-0.3, -0.25) is 4.79 Å². The van der Waals surface area contributed by atoms with E-state index >= 15 is 0 Å². The van der Waals surface area contributed by atoms with E-state index in [1.165, 1.54) is 0 Å². The number of aliphatic hydroxyl groups excluding tert-OH is 3. The van der Waals surface area contributed by atoms with E-state index in [2.05, 4.69) is 0 Å². The zero-order valence-electron chi connectivity index (χ0n) is 6.54. The molecule has 0 spiro atoms. The molecule has 12 heavy (non-hydrogen) atoms. The van der Waals surface area contributed by atoms with Crippen LogP contribution in [-0.2, 0) is 9.59 Å². The molecule has 0 aliphatic carbocycles. The maximum absolute atomic E-state index is 9.64. The Hall–Kier alpha value is -0.820. The van der Waals surface area contributed by atoms with Crippen molar-refractivity contribution in [1.82, 2.24) is 0 Å². The third-order valence-corrected chi connectivity index (χ3v) is 0.708. The summed E-state index contributed by atoms with van der Waals surface area (Å²) < 4.78 is 0. The van der Waals surface area contributed by atoms with Crippen molar-refractivity contribution in [2.75, 3.05) is 6.61 Å². The molecule has 0 aromatic heterocycles. The van der Waals surface area contributed by atoms with Gasteiger partial charge in [0.2, 0.25) is 6.29 Å². The molecule has 1 unspecified atom stereocenters. The van der Waals surface area contributed by atoms with Crippen LogP contribution in [0.5, 0.6) is 0 Å². The van der Waals surface area contributed by atoms with Gasteiger partial charge < -0.3 is 25.2 Å². The van der Waals surface area contributed by atoms with Gasteiger partial charge in [-0.2, -0.15) is 0 Å². The quantitative estimate of drug-likeness (QED) is 0.280. The van der Waals surface area contributed by atoms with Gasteiger partial charge in [-0.1, -0.05) is 0 Å². The molecule has 0 bridgehead atoms. The van der Waals surface area contributed by atoms with E-state index in [0.29, 0.717) is 0 Å². The van der Waals surface area contributed by atoms with Crippen LogP contribution in [0.1, 0.15) is 6.92 Å². The molecule has 0 aliphatic heterocycles. The smallest absolute Gasteiger partial charge is 0.212 e. The predicted octanol–water partition coefficient (Wildman–Crippen LogP) is -2.58. The fourth-order valence-corrected chi connectivity index (χ4v) is 0.0430. The van der Waals surface area contributed by atoms with Crippen molar-refractivity contribution < 1.29 is 30.0 Å². The zero-order chi connectivity index (χ0) is 10.1. The van der Waals surface area contributed by atoms with Crippen LogP contribution in [0.4, 0.5) is 0 Å². The standard InChI is InChI=1S/2C3H6O3/c4-1-3(6)2-5;1-2(4)3(5)6/h1,3,5-6H,2H2;3,5-6H,1H3. The van der Waals surface area contributed by atoms with Crippen molar-refractivity contribution in [2.45, 2.75) is 19.3 Å². The first kappa shape index (κ1) is 13.7. The fourth-order valence-electron chi connectivity index (χ4n) is 0.0430. The van der Waals surface area contributed by atoms with Gasteiger partial charge in [0, 0.05) is 0 Å². The minimum Gasteiger partial charge on any atom is -0.393 e. The number of hydrogen-bond acceptors (Lipinski definition) is 6. The Morgan fingerprint density at radius 3 is 1.75 bits per heavy atom. The molecule has 0 radical (unpaired) electrons. The van der Waals surface area contributed by atoms with Gasteiger partial charge in [0.25, 0.3) is 0 Å². The van der Waals surface area contributed by atoms with Crippen LogP contribution in [0.25, 0.3) is 0 Å². The third kappa shape index (κ3) is 11.9. The van der Waals surface area contributed by atoms with Gasteiger partial charge in [-0.15, -0.1) is 0 Å². The fraction of sp³-hybridized carbons (Fsp3) is 0.667. The summed E-state index contributed by atoms with van der Waals surface area (Å²) in [5, 5.41) is 31.6. The van der Waals surface area contributed by atoms with Gasteiger partial charge in [0.15, 0.2) is 12.1 Å². The van der Waals surface area contributed by atoms with E-state index in [-0.39, 0.29) is 6.29 Å².